The summed E-state index contributed by atoms with van der Waals surface area (Å²) in [4.78, 5) is 14.5. The van der Waals surface area contributed by atoms with Crippen molar-refractivity contribution in [1.29, 1.82) is 0 Å². The third-order valence-electron chi connectivity index (χ3n) is 6.32. The average Bonchev–Trinajstić information content (AvgIpc) is 2.80. The van der Waals surface area contributed by atoms with Gasteiger partial charge in [-0.25, -0.2) is 0 Å². The summed E-state index contributed by atoms with van der Waals surface area (Å²) in [7, 11) is 3.60. The van der Waals surface area contributed by atoms with Crippen molar-refractivity contribution in [2.75, 3.05) is 91.0 Å². The van der Waals surface area contributed by atoms with Crippen LogP contribution in [0.15, 0.2) is 29.3 Å². The van der Waals surface area contributed by atoms with Crippen molar-refractivity contribution < 1.29 is 4.74 Å². The Morgan fingerprint density at radius 2 is 1.61 bits per heavy atom. The monoisotopic (exact) mass is 544 g/mol. The molecule has 2 aliphatic rings. The predicted octanol–water partition coefficient (Wildman–Crippen LogP) is 2.28. The molecule has 0 aliphatic carbocycles. The van der Waals surface area contributed by atoms with Crippen molar-refractivity contribution in [3.05, 3.63) is 24.3 Å². The molecule has 1 atom stereocenters. The Balaban J connectivity index is 0.00000341. The Bertz CT molecular complexity index is 655. The van der Waals surface area contributed by atoms with E-state index >= 15 is 0 Å². The van der Waals surface area contributed by atoms with Gasteiger partial charge in [0.2, 0.25) is 0 Å². The quantitative estimate of drug-likeness (QED) is 0.323. The molecule has 2 aliphatic heterocycles. The second-order valence-electron chi connectivity index (χ2n) is 8.44. The van der Waals surface area contributed by atoms with Crippen molar-refractivity contribution >= 4 is 35.6 Å². The SMILES string of the molecule is CCN1CCN(CC(C)CNC(=NC)N2CCN(c3ccc(OC)cc3)CC2)CC1.I. The molecular weight excluding hydrogens is 503 g/mol. The second-order valence-corrected chi connectivity index (χ2v) is 8.44. The van der Waals surface area contributed by atoms with Gasteiger partial charge in [0.25, 0.3) is 0 Å². The molecule has 0 saturated carbocycles. The standard InChI is InChI=1S/C23H40N6O.HI/c1-5-26-10-12-27(13-11-26)19-20(2)18-25-23(24-3)29-16-14-28(15-17-29)21-6-8-22(30-4)9-7-21;/h6-9,20H,5,10-19H2,1-4H3,(H,24,25);1H. The van der Waals surface area contributed by atoms with Crippen molar-refractivity contribution in [3.63, 3.8) is 0 Å². The lowest BCUT2D eigenvalue weighted by molar-refractivity contribution is 0.124. The van der Waals surface area contributed by atoms with Crippen LogP contribution in [0, 0.1) is 5.92 Å². The number of nitrogens with zero attached hydrogens (tertiary/aromatic N) is 5. The highest BCUT2D eigenvalue weighted by atomic mass is 127. The Hall–Kier alpha value is -1.26. The maximum absolute atomic E-state index is 5.27. The van der Waals surface area contributed by atoms with Crippen molar-refractivity contribution in [2.45, 2.75) is 13.8 Å². The summed E-state index contributed by atoms with van der Waals surface area (Å²) in [5.41, 5.74) is 1.26. The van der Waals surface area contributed by atoms with Crippen LogP contribution >= 0.6 is 24.0 Å². The van der Waals surface area contributed by atoms with Crippen LogP contribution in [-0.2, 0) is 0 Å². The first-order valence-electron chi connectivity index (χ1n) is 11.4. The van der Waals surface area contributed by atoms with E-state index in [1.165, 1.54) is 38.4 Å². The second kappa shape index (κ2) is 13.3. The molecule has 176 valence electrons. The molecule has 3 rings (SSSR count). The van der Waals surface area contributed by atoms with E-state index in [1.807, 2.05) is 19.2 Å². The number of aliphatic imine (C=N–C) groups is 1. The number of likely N-dealkylation sites (N-methyl/N-ethyl adjacent to an activating group) is 1. The number of methoxy groups -OCH3 is 1. The highest BCUT2D eigenvalue weighted by Crippen LogP contribution is 2.20. The molecule has 2 heterocycles. The molecule has 2 fully saturated rings. The van der Waals surface area contributed by atoms with Gasteiger partial charge in [0.05, 0.1) is 7.11 Å². The molecule has 1 unspecified atom stereocenters. The molecule has 1 aromatic rings. The number of nitrogens with one attached hydrogen (secondary N) is 1. The average molecular weight is 545 g/mol. The molecule has 0 spiro atoms. The fraction of sp³-hybridized carbons (Fsp3) is 0.696. The number of rotatable bonds is 7. The minimum atomic E-state index is 0. The maximum Gasteiger partial charge on any atom is 0.193 e. The molecule has 2 saturated heterocycles. The van der Waals surface area contributed by atoms with E-state index in [0.29, 0.717) is 5.92 Å². The van der Waals surface area contributed by atoms with Gasteiger partial charge in [0.1, 0.15) is 5.75 Å². The van der Waals surface area contributed by atoms with Gasteiger partial charge < -0.3 is 29.7 Å². The molecule has 0 bridgehead atoms. The van der Waals surface area contributed by atoms with E-state index in [2.05, 4.69) is 55.9 Å². The Kier molecular flexibility index (Phi) is 11.2. The van der Waals surface area contributed by atoms with Crippen LogP contribution in [0.25, 0.3) is 0 Å². The van der Waals surface area contributed by atoms with Crippen LogP contribution in [0.4, 0.5) is 5.69 Å². The summed E-state index contributed by atoms with van der Waals surface area (Å²) in [5, 5.41) is 3.62. The summed E-state index contributed by atoms with van der Waals surface area (Å²) in [6, 6.07) is 8.35. The van der Waals surface area contributed by atoms with E-state index in [-0.39, 0.29) is 24.0 Å². The van der Waals surface area contributed by atoms with Gasteiger partial charge in [-0.1, -0.05) is 13.8 Å². The van der Waals surface area contributed by atoms with Crippen LogP contribution in [-0.4, -0.2) is 107 Å². The molecule has 8 heteroatoms. The molecule has 31 heavy (non-hydrogen) atoms. The fourth-order valence-electron chi connectivity index (χ4n) is 4.36. The number of ether oxygens (including phenoxy) is 1. The minimum absolute atomic E-state index is 0. The summed E-state index contributed by atoms with van der Waals surface area (Å²) < 4.78 is 5.27. The Morgan fingerprint density at radius 1 is 1.00 bits per heavy atom. The largest absolute Gasteiger partial charge is 0.497 e. The topological polar surface area (TPSA) is 46.6 Å². The molecule has 0 aromatic heterocycles. The fourth-order valence-corrected chi connectivity index (χ4v) is 4.36. The van der Waals surface area contributed by atoms with E-state index in [4.69, 9.17) is 4.74 Å². The lowest BCUT2D eigenvalue weighted by atomic mass is 10.1. The highest BCUT2D eigenvalue weighted by molar-refractivity contribution is 14.0. The first kappa shape index (κ1) is 26.0. The smallest absolute Gasteiger partial charge is 0.193 e. The lowest BCUT2D eigenvalue weighted by Gasteiger charge is -2.38. The van der Waals surface area contributed by atoms with Crippen LogP contribution in [0.1, 0.15) is 13.8 Å². The number of hydrogen-bond donors (Lipinski definition) is 1. The van der Waals surface area contributed by atoms with Gasteiger partial charge in [-0.3, -0.25) is 4.99 Å². The summed E-state index contributed by atoms with van der Waals surface area (Å²) in [6.07, 6.45) is 0. The van der Waals surface area contributed by atoms with Crippen LogP contribution in [0.5, 0.6) is 5.75 Å². The summed E-state index contributed by atoms with van der Waals surface area (Å²) in [6.45, 7) is 16.7. The third kappa shape index (κ3) is 7.68. The van der Waals surface area contributed by atoms with Crippen molar-refractivity contribution in [1.82, 2.24) is 20.0 Å². The van der Waals surface area contributed by atoms with E-state index in [0.717, 1.165) is 51.0 Å². The van der Waals surface area contributed by atoms with Crippen LogP contribution in [0.3, 0.4) is 0 Å². The number of benzene rings is 1. The molecule has 0 amide bonds. The van der Waals surface area contributed by atoms with Crippen molar-refractivity contribution in [2.24, 2.45) is 10.9 Å². The van der Waals surface area contributed by atoms with Crippen LogP contribution in [0.2, 0.25) is 0 Å². The number of anilines is 1. The zero-order chi connectivity index (χ0) is 21.3. The van der Waals surface area contributed by atoms with Gasteiger partial charge >= 0.3 is 0 Å². The first-order chi connectivity index (χ1) is 14.6. The number of piperazine rings is 2. The first-order valence-corrected chi connectivity index (χ1v) is 11.4. The molecule has 1 aromatic carbocycles. The summed E-state index contributed by atoms with van der Waals surface area (Å²) in [5.74, 6) is 2.55. The van der Waals surface area contributed by atoms with Gasteiger partial charge in [0.15, 0.2) is 5.96 Å². The minimum Gasteiger partial charge on any atom is -0.497 e. The summed E-state index contributed by atoms with van der Waals surface area (Å²) >= 11 is 0. The molecular formula is C23H41IN6O. The van der Waals surface area contributed by atoms with Gasteiger partial charge in [-0.15, -0.1) is 24.0 Å². The van der Waals surface area contributed by atoms with Gasteiger partial charge in [-0.2, -0.15) is 0 Å². The molecule has 1 N–H and O–H groups in total. The Morgan fingerprint density at radius 3 is 2.16 bits per heavy atom. The highest BCUT2D eigenvalue weighted by Gasteiger charge is 2.21. The van der Waals surface area contributed by atoms with E-state index < -0.39 is 0 Å². The van der Waals surface area contributed by atoms with Crippen LogP contribution < -0.4 is 15.0 Å². The number of hydrogen-bond acceptors (Lipinski definition) is 5. The third-order valence-corrected chi connectivity index (χ3v) is 6.32. The number of guanidine groups is 1. The van der Waals surface area contributed by atoms with E-state index in [1.54, 1.807) is 7.11 Å². The molecule has 0 radical (unpaired) electrons. The predicted molar refractivity (Wildman–Crippen MR) is 141 cm³/mol. The van der Waals surface area contributed by atoms with Gasteiger partial charge in [0, 0.05) is 78.2 Å². The maximum atomic E-state index is 5.27. The lowest BCUT2D eigenvalue weighted by Crippen LogP contribution is -2.53. The normalized spacial score (nSPS) is 19.7. The zero-order valence-electron chi connectivity index (χ0n) is 19.7. The molecule has 7 nitrogen and oxygen atoms in total. The van der Waals surface area contributed by atoms with Crippen molar-refractivity contribution in [3.8, 4) is 5.75 Å². The zero-order valence-corrected chi connectivity index (χ0v) is 22.0. The van der Waals surface area contributed by atoms with Gasteiger partial charge in [-0.05, 0) is 36.7 Å². The van der Waals surface area contributed by atoms with E-state index in [9.17, 15) is 0 Å². The Labute approximate surface area is 205 Å². The number of halogens is 1.